The Hall–Kier alpha value is -3.17. The van der Waals surface area contributed by atoms with Crippen LogP contribution in [0.3, 0.4) is 0 Å². The zero-order chi connectivity index (χ0) is 22.2. The SMILES string of the molecule is CC(NC(=O)C(=O)Nc1c2c(nn1-c1ccc(Cl)cc1)CS(=O)(=O)C2)c1ccccc1. The Kier molecular flexibility index (Phi) is 5.55. The van der Waals surface area contributed by atoms with Gasteiger partial charge in [0.05, 0.1) is 28.9 Å². The van der Waals surface area contributed by atoms with Crippen LogP contribution in [-0.2, 0) is 30.9 Å². The van der Waals surface area contributed by atoms with E-state index in [0.29, 0.717) is 22.0 Å². The van der Waals surface area contributed by atoms with E-state index >= 15 is 0 Å². The molecule has 0 radical (unpaired) electrons. The van der Waals surface area contributed by atoms with E-state index in [0.717, 1.165) is 5.56 Å². The van der Waals surface area contributed by atoms with Crippen LogP contribution in [0.1, 0.15) is 29.8 Å². The lowest BCUT2D eigenvalue weighted by atomic mass is 10.1. The molecule has 1 aromatic heterocycles. The molecule has 2 N–H and O–H groups in total. The predicted molar refractivity (Wildman–Crippen MR) is 117 cm³/mol. The van der Waals surface area contributed by atoms with Gasteiger partial charge in [-0.15, -0.1) is 0 Å². The summed E-state index contributed by atoms with van der Waals surface area (Å²) in [5, 5.41) is 10.1. The first-order chi connectivity index (χ1) is 14.7. The Morgan fingerprint density at radius 3 is 2.39 bits per heavy atom. The number of carbonyl (C=O) groups excluding carboxylic acids is 2. The number of amides is 2. The minimum absolute atomic E-state index is 0.158. The Balaban J connectivity index is 1.60. The van der Waals surface area contributed by atoms with Gasteiger partial charge in [-0.1, -0.05) is 41.9 Å². The van der Waals surface area contributed by atoms with Crippen molar-refractivity contribution in [2.75, 3.05) is 5.32 Å². The molecular formula is C21H19ClN4O4S. The molecule has 0 spiro atoms. The predicted octanol–water partition coefficient (Wildman–Crippen LogP) is 2.77. The normalized spacial score (nSPS) is 15.2. The molecule has 1 atom stereocenters. The fourth-order valence-corrected chi connectivity index (χ4v) is 5.01. The van der Waals surface area contributed by atoms with Crippen LogP contribution in [0.5, 0.6) is 0 Å². The van der Waals surface area contributed by atoms with Gasteiger partial charge < -0.3 is 10.6 Å². The average Bonchev–Trinajstić information content (AvgIpc) is 3.21. The van der Waals surface area contributed by atoms with Crippen LogP contribution in [0.15, 0.2) is 54.6 Å². The summed E-state index contributed by atoms with van der Waals surface area (Å²) in [4.78, 5) is 25.1. The summed E-state index contributed by atoms with van der Waals surface area (Å²) in [6.45, 7) is 1.77. The Morgan fingerprint density at radius 2 is 1.71 bits per heavy atom. The maximum Gasteiger partial charge on any atom is 0.314 e. The summed E-state index contributed by atoms with van der Waals surface area (Å²) in [6.07, 6.45) is 0. The van der Waals surface area contributed by atoms with Crippen molar-refractivity contribution in [3.8, 4) is 5.69 Å². The molecule has 0 aliphatic carbocycles. The number of aromatic nitrogens is 2. The Morgan fingerprint density at radius 1 is 1.03 bits per heavy atom. The van der Waals surface area contributed by atoms with E-state index in [-0.39, 0.29) is 23.4 Å². The van der Waals surface area contributed by atoms with E-state index < -0.39 is 21.7 Å². The number of anilines is 1. The third-order valence-corrected chi connectivity index (χ3v) is 6.64. The first kappa shape index (κ1) is 21.1. The van der Waals surface area contributed by atoms with Crippen molar-refractivity contribution in [2.45, 2.75) is 24.5 Å². The van der Waals surface area contributed by atoms with Gasteiger partial charge in [-0.2, -0.15) is 5.10 Å². The topological polar surface area (TPSA) is 110 Å². The minimum atomic E-state index is -3.35. The molecular weight excluding hydrogens is 440 g/mol. The van der Waals surface area contributed by atoms with Crippen LogP contribution in [-0.4, -0.2) is 30.0 Å². The van der Waals surface area contributed by atoms with Crippen molar-refractivity contribution in [3.05, 3.63) is 76.4 Å². The highest BCUT2D eigenvalue weighted by molar-refractivity contribution is 7.90. The van der Waals surface area contributed by atoms with Gasteiger partial charge in [0.15, 0.2) is 9.84 Å². The number of hydrogen-bond donors (Lipinski definition) is 2. The molecule has 4 rings (SSSR count). The summed E-state index contributed by atoms with van der Waals surface area (Å²) < 4.78 is 25.5. The number of carbonyl (C=O) groups is 2. The van der Waals surface area contributed by atoms with E-state index in [1.807, 2.05) is 30.3 Å². The van der Waals surface area contributed by atoms with Crippen molar-refractivity contribution in [2.24, 2.45) is 0 Å². The first-order valence-corrected chi connectivity index (χ1v) is 11.7. The highest BCUT2D eigenvalue weighted by Gasteiger charge is 2.34. The quantitative estimate of drug-likeness (QED) is 0.584. The molecule has 160 valence electrons. The van der Waals surface area contributed by atoms with Crippen LogP contribution < -0.4 is 10.6 Å². The van der Waals surface area contributed by atoms with Gasteiger partial charge in [0, 0.05) is 10.6 Å². The number of sulfone groups is 1. The number of halogens is 1. The molecule has 0 bridgehead atoms. The second kappa shape index (κ2) is 8.16. The molecule has 2 heterocycles. The molecule has 1 aliphatic rings. The van der Waals surface area contributed by atoms with Gasteiger partial charge in [0.25, 0.3) is 0 Å². The van der Waals surface area contributed by atoms with E-state index in [9.17, 15) is 18.0 Å². The molecule has 0 fully saturated rings. The van der Waals surface area contributed by atoms with Gasteiger partial charge in [-0.3, -0.25) is 9.59 Å². The first-order valence-electron chi connectivity index (χ1n) is 9.47. The number of nitrogens with zero attached hydrogens (tertiary/aromatic N) is 2. The van der Waals surface area contributed by atoms with Gasteiger partial charge >= 0.3 is 11.8 Å². The second-order valence-corrected chi connectivity index (χ2v) is 9.76. The molecule has 3 aromatic rings. The summed E-state index contributed by atoms with van der Waals surface area (Å²) in [7, 11) is -3.35. The molecule has 2 aromatic carbocycles. The highest BCUT2D eigenvalue weighted by atomic mass is 35.5. The van der Waals surface area contributed by atoms with Crippen molar-refractivity contribution >= 4 is 39.1 Å². The number of fused-ring (bicyclic) bond motifs is 1. The lowest BCUT2D eigenvalue weighted by Gasteiger charge is -2.15. The summed E-state index contributed by atoms with van der Waals surface area (Å²) in [5.74, 6) is -2.07. The van der Waals surface area contributed by atoms with Crippen molar-refractivity contribution in [1.82, 2.24) is 15.1 Å². The molecule has 31 heavy (non-hydrogen) atoms. The monoisotopic (exact) mass is 458 g/mol. The van der Waals surface area contributed by atoms with E-state index in [2.05, 4.69) is 15.7 Å². The Labute approximate surface area is 184 Å². The maximum absolute atomic E-state index is 12.6. The third-order valence-electron chi connectivity index (χ3n) is 4.94. The van der Waals surface area contributed by atoms with E-state index in [1.54, 1.807) is 31.2 Å². The average molecular weight is 459 g/mol. The standard InChI is InChI=1S/C21H19ClN4O4S/c1-13(14-5-3-2-4-6-14)23-20(27)21(28)24-19-17-11-31(29,30)12-18(17)25-26(19)16-9-7-15(22)8-10-16/h2-10,13H,11-12H2,1H3,(H,23,27)(H,24,28). The highest BCUT2D eigenvalue weighted by Crippen LogP contribution is 2.33. The van der Waals surface area contributed by atoms with Gasteiger partial charge in [0.1, 0.15) is 5.82 Å². The number of rotatable bonds is 4. The van der Waals surface area contributed by atoms with E-state index in [1.165, 1.54) is 4.68 Å². The van der Waals surface area contributed by atoms with Gasteiger partial charge in [0.2, 0.25) is 0 Å². The summed E-state index contributed by atoms with van der Waals surface area (Å²) in [5.41, 5.74) is 2.15. The summed E-state index contributed by atoms with van der Waals surface area (Å²) in [6, 6.07) is 15.5. The van der Waals surface area contributed by atoms with Gasteiger partial charge in [-0.25, -0.2) is 13.1 Å². The molecule has 1 unspecified atom stereocenters. The molecule has 0 saturated carbocycles. The molecule has 1 aliphatic heterocycles. The maximum atomic E-state index is 12.6. The van der Waals surface area contributed by atoms with Crippen LogP contribution in [0, 0.1) is 0 Å². The zero-order valence-electron chi connectivity index (χ0n) is 16.5. The molecule has 8 nitrogen and oxygen atoms in total. The largest absolute Gasteiger partial charge is 0.341 e. The number of hydrogen-bond acceptors (Lipinski definition) is 5. The molecule has 2 amide bonds. The number of benzene rings is 2. The van der Waals surface area contributed by atoms with E-state index in [4.69, 9.17) is 11.6 Å². The fraction of sp³-hybridized carbons (Fsp3) is 0.190. The third kappa shape index (κ3) is 4.47. The zero-order valence-corrected chi connectivity index (χ0v) is 18.1. The Bertz CT molecular complexity index is 1250. The molecule has 10 heteroatoms. The van der Waals surface area contributed by atoms with Crippen LogP contribution >= 0.6 is 11.6 Å². The summed E-state index contributed by atoms with van der Waals surface area (Å²) >= 11 is 5.94. The van der Waals surface area contributed by atoms with Crippen molar-refractivity contribution in [3.63, 3.8) is 0 Å². The molecule has 0 saturated heterocycles. The van der Waals surface area contributed by atoms with Gasteiger partial charge in [-0.05, 0) is 36.8 Å². The van der Waals surface area contributed by atoms with Crippen LogP contribution in [0.25, 0.3) is 5.69 Å². The lowest BCUT2D eigenvalue weighted by Crippen LogP contribution is -2.37. The lowest BCUT2D eigenvalue weighted by molar-refractivity contribution is -0.136. The fourth-order valence-electron chi connectivity index (χ4n) is 3.39. The number of nitrogens with one attached hydrogen (secondary N) is 2. The van der Waals surface area contributed by atoms with Crippen molar-refractivity contribution in [1.29, 1.82) is 0 Å². The minimum Gasteiger partial charge on any atom is -0.341 e. The second-order valence-electron chi connectivity index (χ2n) is 7.25. The van der Waals surface area contributed by atoms with Crippen LogP contribution in [0.4, 0.5) is 5.82 Å². The van der Waals surface area contributed by atoms with Crippen LogP contribution in [0.2, 0.25) is 5.02 Å². The van der Waals surface area contributed by atoms with Crippen molar-refractivity contribution < 1.29 is 18.0 Å². The smallest absolute Gasteiger partial charge is 0.314 e.